The van der Waals surface area contributed by atoms with Crippen LogP contribution in [0.5, 0.6) is 5.75 Å². The molecule has 1 aliphatic rings. The van der Waals surface area contributed by atoms with Gasteiger partial charge >= 0.3 is 0 Å². The number of phenolic OH excluding ortho intramolecular Hbond substituents is 1. The first-order chi connectivity index (χ1) is 7.66. The third kappa shape index (κ3) is 2.33. The van der Waals surface area contributed by atoms with Crippen molar-refractivity contribution < 1.29 is 9.90 Å². The summed E-state index contributed by atoms with van der Waals surface area (Å²) in [6.45, 7) is 0.622. The number of nitrogens with one attached hydrogen (secondary N) is 1. The smallest absolute Gasteiger partial charge is 0.236 e. The maximum Gasteiger partial charge on any atom is 0.236 e. The van der Waals surface area contributed by atoms with E-state index in [2.05, 4.69) is 5.32 Å². The minimum absolute atomic E-state index is 0.0683. The molecule has 0 aliphatic carbocycles. The minimum atomic E-state index is -0.387. The van der Waals surface area contributed by atoms with E-state index >= 15 is 0 Å². The van der Waals surface area contributed by atoms with Gasteiger partial charge in [-0.3, -0.25) is 4.79 Å². The van der Waals surface area contributed by atoms with E-state index in [0.29, 0.717) is 13.0 Å². The van der Waals surface area contributed by atoms with Crippen LogP contribution in [0.2, 0.25) is 0 Å². The summed E-state index contributed by atoms with van der Waals surface area (Å²) in [5.41, 5.74) is 6.82. The van der Waals surface area contributed by atoms with Gasteiger partial charge in [0.1, 0.15) is 5.75 Å². The Morgan fingerprint density at radius 2 is 1.94 bits per heavy atom. The Labute approximate surface area is 94.5 Å². The van der Waals surface area contributed by atoms with E-state index in [9.17, 15) is 9.90 Å². The molecule has 1 aliphatic heterocycles. The number of phenols is 1. The van der Waals surface area contributed by atoms with Crippen molar-refractivity contribution in [3.8, 4) is 5.75 Å². The first-order valence-electron chi connectivity index (χ1n) is 5.49. The van der Waals surface area contributed by atoms with Gasteiger partial charge in [-0.25, -0.2) is 0 Å². The summed E-state index contributed by atoms with van der Waals surface area (Å²) in [6.07, 6.45) is 1.60. The van der Waals surface area contributed by atoms with Gasteiger partial charge in [-0.15, -0.1) is 0 Å². The zero-order valence-electron chi connectivity index (χ0n) is 9.02. The van der Waals surface area contributed by atoms with E-state index < -0.39 is 0 Å². The van der Waals surface area contributed by atoms with Crippen molar-refractivity contribution in [2.75, 3.05) is 6.54 Å². The number of benzene rings is 1. The summed E-state index contributed by atoms with van der Waals surface area (Å²) < 4.78 is 0. The topological polar surface area (TPSA) is 75.3 Å². The third-order valence-electron chi connectivity index (χ3n) is 3.05. The summed E-state index contributed by atoms with van der Waals surface area (Å²) in [5, 5.41) is 12.0. The van der Waals surface area contributed by atoms with Crippen molar-refractivity contribution in [2.24, 2.45) is 5.73 Å². The monoisotopic (exact) mass is 220 g/mol. The average Bonchev–Trinajstić information content (AvgIpc) is 2.44. The number of rotatable bonds is 1. The fourth-order valence-corrected chi connectivity index (χ4v) is 2.00. The molecule has 0 bridgehead atoms. The molecule has 0 radical (unpaired) electrons. The van der Waals surface area contributed by atoms with Crippen LogP contribution in [0.4, 0.5) is 0 Å². The van der Waals surface area contributed by atoms with Crippen molar-refractivity contribution in [3.05, 3.63) is 29.8 Å². The van der Waals surface area contributed by atoms with Crippen LogP contribution in [0.25, 0.3) is 0 Å². The van der Waals surface area contributed by atoms with Gasteiger partial charge in [0.2, 0.25) is 5.91 Å². The number of amides is 1. The lowest BCUT2D eigenvalue weighted by Gasteiger charge is -2.14. The van der Waals surface area contributed by atoms with Crippen molar-refractivity contribution >= 4 is 5.91 Å². The molecule has 0 unspecified atom stereocenters. The maximum atomic E-state index is 11.4. The predicted octanol–water partition coefficient (Wildman–Crippen LogP) is 0.713. The van der Waals surface area contributed by atoms with E-state index in [0.717, 1.165) is 12.0 Å². The van der Waals surface area contributed by atoms with Crippen LogP contribution < -0.4 is 11.1 Å². The molecule has 86 valence electrons. The van der Waals surface area contributed by atoms with Crippen LogP contribution in [0.3, 0.4) is 0 Å². The molecule has 2 atom stereocenters. The highest BCUT2D eigenvalue weighted by Crippen LogP contribution is 2.24. The molecule has 4 N–H and O–H groups in total. The lowest BCUT2D eigenvalue weighted by molar-refractivity contribution is -0.122. The maximum absolute atomic E-state index is 11.4. The van der Waals surface area contributed by atoms with Crippen molar-refractivity contribution in [1.29, 1.82) is 0 Å². The normalized spacial score (nSPS) is 25.9. The lowest BCUT2D eigenvalue weighted by atomic mass is 9.94. The van der Waals surface area contributed by atoms with E-state index in [1.54, 1.807) is 12.1 Å². The fourth-order valence-electron chi connectivity index (χ4n) is 2.00. The molecule has 2 rings (SSSR count). The molecule has 1 heterocycles. The largest absolute Gasteiger partial charge is 0.508 e. The van der Waals surface area contributed by atoms with Crippen LogP contribution in [0.1, 0.15) is 24.3 Å². The Kier molecular flexibility index (Phi) is 3.10. The molecule has 1 fully saturated rings. The average molecular weight is 220 g/mol. The van der Waals surface area contributed by atoms with Gasteiger partial charge in [0, 0.05) is 12.5 Å². The molecule has 0 spiro atoms. The first kappa shape index (κ1) is 11.0. The fraction of sp³-hybridized carbons (Fsp3) is 0.417. The van der Waals surface area contributed by atoms with Gasteiger partial charge in [0.05, 0.1) is 6.04 Å². The summed E-state index contributed by atoms with van der Waals surface area (Å²) in [4.78, 5) is 11.4. The zero-order valence-corrected chi connectivity index (χ0v) is 9.02. The summed E-state index contributed by atoms with van der Waals surface area (Å²) in [6, 6.07) is 6.73. The van der Waals surface area contributed by atoms with Crippen LogP contribution in [-0.2, 0) is 4.79 Å². The number of aromatic hydroxyl groups is 1. The van der Waals surface area contributed by atoms with Crippen LogP contribution >= 0.6 is 0 Å². The lowest BCUT2D eigenvalue weighted by Crippen LogP contribution is -2.38. The van der Waals surface area contributed by atoms with E-state index in [1.807, 2.05) is 12.1 Å². The van der Waals surface area contributed by atoms with Crippen LogP contribution in [0.15, 0.2) is 24.3 Å². The molecular formula is C12H16N2O2. The number of hydrogen-bond donors (Lipinski definition) is 3. The van der Waals surface area contributed by atoms with Gasteiger partial charge < -0.3 is 16.2 Å². The third-order valence-corrected chi connectivity index (χ3v) is 3.05. The highest BCUT2D eigenvalue weighted by Gasteiger charge is 2.22. The van der Waals surface area contributed by atoms with Gasteiger partial charge in [0.15, 0.2) is 0 Å². The molecule has 16 heavy (non-hydrogen) atoms. The Hall–Kier alpha value is -1.55. The first-order valence-corrected chi connectivity index (χ1v) is 5.49. The second kappa shape index (κ2) is 4.53. The molecule has 1 saturated heterocycles. The quantitative estimate of drug-likeness (QED) is 0.652. The minimum Gasteiger partial charge on any atom is -0.508 e. The second-order valence-electron chi connectivity index (χ2n) is 4.22. The predicted molar refractivity (Wildman–Crippen MR) is 61.1 cm³/mol. The number of nitrogens with two attached hydrogens (primary N) is 1. The van der Waals surface area contributed by atoms with Gasteiger partial charge in [0.25, 0.3) is 0 Å². The van der Waals surface area contributed by atoms with Crippen LogP contribution in [0, 0.1) is 0 Å². The molecule has 1 aromatic rings. The number of carbonyl (C=O) groups is 1. The Bertz CT molecular complexity index is 375. The molecule has 4 nitrogen and oxygen atoms in total. The molecule has 0 aromatic heterocycles. The summed E-state index contributed by atoms with van der Waals surface area (Å²) in [7, 11) is 0. The van der Waals surface area contributed by atoms with E-state index in [4.69, 9.17) is 5.73 Å². The van der Waals surface area contributed by atoms with Gasteiger partial charge in [-0.2, -0.15) is 0 Å². The number of hydrogen-bond acceptors (Lipinski definition) is 3. The molecule has 1 amide bonds. The standard InChI is InChI=1S/C12H16N2O2/c13-11-6-3-9(7-14-12(11)16)8-1-4-10(15)5-2-8/h1-2,4-5,9,11,15H,3,6-7,13H2,(H,14,16)/t9-,11-/m1/s1. The van der Waals surface area contributed by atoms with Crippen molar-refractivity contribution in [2.45, 2.75) is 24.8 Å². The van der Waals surface area contributed by atoms with Gasteiger partial charge in [-0.1, -0.05) is 12.1 Å². The van der Waals surface area contributed by atoms with E-state index in [1.165, 1.54) is 0 Å². The second-order valence-corrected chi connectivity index (χ2v) is 4.22. The molecular weight excluding hydrogens is 204 g/mol. The summed E-state index contributed by atoms with van der Waals surface area (Å²) in [5.74, 6) is 0.484. The van der Waals surface area contributed by atoms with Crippen molar-refractivity contribution in [3.63, 3.8) is 0 Å². The number of carbonyl (C=O) groups excluding carboxylic acids is 1. The Morgan fingerprint density at radius 1 is 1.25 bits per heavy atom. The highest BCUT2D eigenvalue weighted by molar-refractivity contribution is 5.81. The van der Waals surface area contributed by atoms with E-state index in [-0.39, 0.29) is 23.6 Å². The van der Waals surface area contributed by atoms with Crippen LogP contribution in [-0.4, -0.2) is 23.6 Å². The zero-order chi connectivity index (χ0) is 11.5. The molecule has 1 aromatic carbocycles. The summed E-state index contributed by atoms with van der Waals surface area (Å²) >= 11 is 0. The molecule has 4 heteroatoms. The Balaban J connectivity index is 2.10. The Morgan fingerprint density at radius 3 is 2.62 bits per heavy atom. The van der Waals surface area contributed by atoms with Gasteiger partial charge in [-0.05, 0) is 30.5 Å². The highest BCUT2D eigenvalue weighted by atomic mass is 16.3. The molecule has 0 saturated carbocycles. The SMILES string of the molecule is N[C@@H]1CC[C@@H](c2ccc(O)cc2)CNC1=O. The van der Waals surface area contributed by atoms with Crippen molar-refractivity contribution in [1.82, 2.24) is 5.32 Å².